The Balaban J connectivity index is 1.59. The second kappa shape index (κ2) is 6.83. The molecule has 0 amide bonds. The maximum atomic E-state index is 4.43. The molecular formula is C35H20N2. The molecule has 0 N–H and O–H groups in total. The van der Waals surface area contributed by atoms with Crippen molar-refractivity contribution in [2.45, 2.75) is 0 Å². The van der Waals surface area contributed by atoms with Crippen LogP contribution in [0.1, 0.15) is 0 Å². The zero-order chi connectivity index (χ0) is 24.1. The Morgan fingerprint density at radius 2 is 1.30 bits per heavy atom. The minimum Gasteiger partial charge on any atom is -0.307 e. The number of benzene rings is 6. The molecule has 2 aromatic heterocycles. The number of hydrogen-bond acceptors (Lipinski definition) is 1. The molecule has 0 bridgehead atoms. The summed E-state index contributed by atoms with van der Waals surface area (Å²) in [6.07, 6.45) is 3.88. The predicted molar refractivity (Wildman–Crippen MR) is 156 cm³/mol. The summed E-state index contributed by atoms with van der Waals surface area (Å²) >= 11 is 0. The highest BCUT2D eigenvalue weighted by atomic mass is 15.0. The van der Waals surface area contributed by atoms with Gasteiger partial charge in [0.05, 0.1) is 16.7 Å². The molecule has 1 aliphatic carbocycles. The van der Waals surface area contributed by atoms with Crippen molar-refractivity contribution in [1.29, 1.82) is 0 Å². The first-order valence-corrected chi connectivity index (χ1v) is 12.7. The lowest BCUT2D eigenvalue weighted by atomic mass is 9.95. The van der Waals surface area contributed by atoms with Crippen LogP contribution in [0.4, 0.5) is 0 Å². The number of para-hydroxylation sites is 1. The average Bonchev–Trinajstić information content (AvgIpc) is 3.46. The van der Waals surface area contributed by atoms with E-state index in [0.717, 1.165) is 5.39 Å². The number of aromatic nitrogens is 2. The van der Waals surface area contributed by atoms with Gasteiger partial charge in [-0.05, 0) is 51.0 Å². The molecule has 2 nitrogen and oxygen atoms in total. The molecule has 0 fully saturated rings. The van der Waals surface area contributed by atoms with Crippen molar-refractivity contribution in [3.63, 3.8) is 0 Å². The molecule has 1 aliphatic rings. The molecule has 170 valence electrons. The fourth-order valence-electron chi connectivity index (χ4n) is 6.68. The average molecular weight is 469 g/mol. The molecule has 0 radical (unpaired) electrons. The van der Waals surface area contributed by atoms with Crippen molar-refractivity contribution >= 4 is 54.1 Å². The van der Waals surface area contributed by atoms with Gasteiger partial charge in [-0.25, -0.2) is 0 Å². The molecule has 0 saturated carbocycles. The van der Waals surface area contributed by atoms with Crippen molar-refractivity contribution < 1.29 is 0 Å². The lowest BCUT2D eigenvalue weighted by molar-refractivity contribution is 1.21. The third-order valence-corrected chi connectivity index (χ3v) is 8.16. The first kappa shape index (κ1) is 19.3. The van der Waals surface area contributed by atoms with E-state index in [-0.39, 0.29) is 0 Å². The molecule has 0 unspecified atom stereocenters. The third kappa shape index (κ3) is 2.37. The lowest BCUT2D eigenvalue weighted by Gasteiger charge is -2.18. The van der Waals surface area contributed by atoms with E-state index in [1.165, 1.54) is 76.7 Å². The van der Waals surface area contributed by atoms with Crippen LogP contribution in [0.15, 0.2) is 122 Å². The van der Waals surface area contributed by atoms with Gasteiger partial charge in [0.25, 0.3) is 0 Å². The van der Waals surface area contributed by atoms with Crippen LogP contribution < -0.4 is 0 Å². The van der Waals surface area contributed by atoms with Crippen LogP contribution in [-0.2, 0) is 0 Å². The van der Waals surface area contributed by atoms with E-state index in [1.54, 1.807) is 0 Å². The van der Waals surface area contributed by atoms with E-state index in [9.17, 15) is 0 Å². The number of rotatable bonds is 1. The van der Waals surface area contributed by atoms with Gasteiger partial charge < -0.3 is 4.57 Å². The topological polar surface area (TPSA) is 17.8 Å². The zero-order valence-electron chi connectivity index (χ0n) is 19.9. The van der Waals surface area contributed by atoms with E-state index in [2.05, 4.69) is 119 Å². The van der Waals surface area contributed by atoms with E-state index in [0.29, 0.717) is 0 Å². The summed E-state index contributed by atoms with van der Waals surface area (Å²) in [6, 6.07) is 40.1. The highest BCUT2D eigenvalue weighted by Crippen LogP contribution is 2.53. The Labute approximate surface area is 213 Å². The molecule has 6 aromatic carbocycles. The van der Waals surface area contributed by atoms with Gasteiger partial charge in [-0.1, -0.05) is 91.0 Å². The number of nitrogens with zero attached hydrogens (tertiary/aromatic N) is 2. The third-order valence-electron chi connectivity index (χ3n) is 8.16. The summed E-state index contributed by atoms with van der Waals surface area (Å²) in [4.78, 5) is 4.43. The van der Waals surface area contributed by atoms with E-state index < -0.39 is 0 Å². The molecule has 2 heteroatoms. The molecule has 0 saturated heterocycles. The normalized spacial score (nSPS) is 12.3. The molecular weight excluding hydrogens is 448 g/mol. The van der Waals surface area contributed by atoms with Crippen LogP contribution in [0.3, 0.4) is 0 Å². The van der Waals surface area contributed by atoms with Gasteiger partial charge in [0, 0.05) is 44.9 Å². The van der Waals surface area contributed by atoms with Crippen molar-refractivity contribution in [3.8, 4) is 27.9 Å². The SMILES string of the molecule is c1ccc2c(-n3c4ccccc4c4ccc5cnccc5c43)c3c(cc2c1)-c1cccc2cccc-3c12. The second-order valence-electron chi connectivity index (χ2n) is 9.99. The van der Waals surface area contributed by atoms with Gasteiger partial charge in [0.1, 0.15) is 0 Å². The van der Waals surface area contributed by atoms with Crippen molar-refractivity contribution in [2.24, 2.45) is 0 Å². The minimum absolute atomic E-state index is 1.15. The first-order chi connectivity index (χ1) is 18.4. The summed E-state index contributed by atoms with van der Waals surface area (Å²) in [5, 5.41) is 10.1. The monoisotopic (exact) mass is 468 g/mol. The predicted octanol–water partition coefficient (Wildman–Crippen LogP) is 9.29. The number of fused-ring (bicyclic) bond motifs is 9. The van der Waals surface area contributed by atoms with Crippen LogP contribution in [0.2, 0.25) is 0 Å². The summed E-state index contributed by atoms with van der Waals surface area (Å²) in [7, 11) is 0. The molecule has 2 heterocycles. The highest BCUT2D eigenvalue weighted by Gasteiger charge is 2.28. The maximum Gasteiger partial charge on any atom is 0.0625 e. The van der Waals surface area contributed by atoms with Crippen molar-refractivity contribution in [3.05, 3.63) is 122 Å². The Morgan fingerprint density at radius 3 is 2.22 bits per heavy atom. The molecule has 8 aromatic rings. The molecule has 37 heavy (non-hydrogen) atoms. The van der Waals surface area contributed by atoms with Gasteiger partial charge in [-0.2, -0.15) is 0 Å². The minimum atomic E-state index is 1.15. The van der Waals surface area contributed by atoms with E-state index in [4.69, 9.17) is 0 Å². The van der Waals surface area contributed by atoms with Crippen LogP contribution in [0.25, 0.3) is 82.1 Å². The fourth-order valence-corrected chi connectivity index (χ4v) is 6.68. The van der Waals surface area contributed by atoms with E-state index in [1.807, 2.05) is 12.4 Å². The van der Waals surface area contributed by atoms with Crippen molar-refractivity contribution in [1.82, 2.24) is 9.55 Å². The molecule has 0 aliphatic heterocycles. The van der Waals surface area contributed by atoms with Crippen molar-refractivity contribution in [2.75, 3.05) is 0 Å². The standard InChI is InChI=1S/C35H20N2/c1-2-10-24-22(7-1)19-30-27-12-5-8-21-9-6-13-29(32(21)27)33(30)35(24)37-31-14-4-3-11-26(31)28-16-15-23-20-36-18-17-25(23)34(28)37/h1-20H. The summed E-state index contributed by atoms with van der Waals surface area (Å²) in [5.74, 6) is 0. The maximum absolute atomic E-state index is 4.43. The van der Waals surface area contributed by atoms with Gasteiger partial charge in [0.15, 0.2) is 0 Å². The smallest absolute Gasteiger partial charge is 0.0625 e. The second-order valence-corrected chi connectivity index (χ2v) is 9.99. The highest BCUT2D eigenvalue weighted by molar-refractivity contribution is 6.24. The first-order valence-electron chi connectivity index (χ1n) is 12.7. The molecule has 0 spiro atoms. The van der Waals surface area contributed by atoms with Gasteiger partial charge in [0.2, 0.25) is 0 Å². The summed E-state index contributed by atoms with van der Waals surface area (Å²) < 4.78 is 2.53. The van der Waals surface area contributed by atoms with Crippen LogP contribution in [0, 0.1) is 0 Å². The Kier molecular flexibility index (Phi) is 3.56. The zero-order valence-corrected chi connectivity index (χ0v) is 19.9. The van der Waals surface area contributed by atoms with Gasteiger partial charge in [-0.15, -0.1) is 0 Å². The molecule has 9 rings (SSSR count). The molecule has 0 atom stereocenters. The fraction of sp³-hybridized carbons (Fsp3) is 0. The van der Waals surface area contributed by atoms with E-state index >= 15 is 0 Å². The Bertz CT molecular complexity index is 2250. The summed E-state index contributed by atoms with van der Waals surface area (Å²) in [6.45, 7) is 0. The van der Waals surface area contributed by atoms with Crippen LogP contribution in [-0.4, -0.2) is 9.55 Å². The van der Waals surface area contributed by atoms with Crippen LogP contribution in [0.5, 0.6) is 0 Å². The Morgan fingerprint density at radius 1 is 0.514 bits per heavy atom. The van der Waals surface area contributed by atoms with Crippen LogP contribution >= 0.6 is 0 Å². The van der Waals surface area contributed by atoms with Gasteiger partial charge in [-0.3, -0.25) is 4.98 Å². The lowest BCUT2D eigenvalue weighted by Crippen LogP contribution is -1.99. The van der Waals surface area contributed by atoms with Gasteiger partial charge >= 0.3 is 0 Å². The number of pyridine rings is 1. The number of hydrogen-bond donors (Lipinski definition) is 0. The largest absolute Gasteiger partial charge is 0.307 e. The Hall–Kier alpha value is -4.95. The summed E-state index contributed by atoms with van der Waals surface area (Å²) in [5.41, 5.74) is 8.99. The quantitative estimate of drug-likeness (QED) is 0.235.